The number of hydrogen-bond donors (Lipinski definition) is 0. The molecule has 1 aliphatic heterocycles. The lowest BCUT2D eigenvalue weighted by Crippen LogP contribution is -2.21. The highest BCUT2D eigenvalue weighted by Crippen LogP contribution is 2.32. The first-order valence-corrected chi connectivity index (χ1v) is 12.2. The summed E-state index contributed by atoms with van der Waals surface area (Å²) >= 11 is 3.45. The van der Waals surface area contributed by atoms with Gasteiger partial charge in [0.25, 0.3) is 5.91 Å². The first-order valence-electron chi connectivity index (χ1n) is 11.4. The van der Waals surface area contributed by atoms with E-state index in [1.54, 1.807) is 7.11 Å². The number of benzene rings is 4. The third-order valence-electron chi connectivity index (χ3n) is 5.73. The number of para-hydroxylation sites is 1. The molecule has 4 aromatic rings. The van der Waals surface area contributed by atoms with Gasteiger partial charge in [0.05, 0.1) is 18.4 Å². The number of halogens is 1. The number of ether oxygens (including phenoxy) is 2. The SMILES string of the molecule is COc1cc(/C=C2\C(=O)N(c3ccccc3)N=C2c2ccccc2)ccc1OCc1ccc(Br)cc1. The van der Waals surface area contributed by atoms with Gasteiger partial charge in [0.15, 0.2) is 11.5 Å². The third kappa shape index (κ3) is 5.09. The summed E-state index contributed by atoms with van der Waals surface area (Å²) in [5.74, 6) is 1.03. The average Bonchev–Trinajstić information content (AvgIpc) is 3.25. The van der Waals surface area contributed by atoms with Crippen molar-refractivity contribution < 1.29 is 14.3 Å². The van der Waals surface area contributed by atoms with Crippen LogP contribution in [0.3, 0.4) is 0 Å². The summed E-state index contributed by atoms with van der Waals surface area (Å²) in [6, 6.07) is 32.7. The molecule has 1 amide bonds. The predicted molar refractivity (Wildman–Crippen MR) is 146 cm³/mol. The molecule has 4 aromatic carbocycles. The molecule has 1 aliphatic rings. The Morgan fingerprint density at radius 3 is 2.25 bits per heavy atom. The zero-order valence-electron chi connectivity index (χ0n) is 19.6. The molecule has 0 N–H and O–H groups in total. The van der Waals surface area contributed by atoms with Gasteiger partial charge in [-0.3, -0.25) is 4.79 Å². The van der Waals surface area contributed by atoms with Crippen LogP contribution < -0.4 is 14.5 Å². The van der Waals surface area contributed by atoms with Crippen molar-refractivity contribution in [3.8, 4) is 11.5 Å². The molecule has 6 heteroatoms. The Balaban J connectivity index is 1.46. The molecular weight excluding hydrogens is 516 g/mol. The number of hydrogen-bond acceptors (Lipinski definition) is 4. The largest absolute Gasteiger partial charge is 0.493 e. The van der Waals surface area contributed by atoms with E-state index in [-0.39, 0.29) is 5.91 Å². The van der Waals surface area contributed by atoms with E-state index >= 15 is 0 Å². The van der Waals surface area contributed by atoms with Crippen molar-refractivity contribution in [3.05, 3.63) is 130 Å². The van der Waals surface area contributed by atoms with Gasteiger partial charge in [0, 0.05) is 10.0 Å². The second kappa shape index (κ2) is 10.6. The summed E-state index contributed by atoms with van der Waals surface area (Å²) in [5.41, 5.74) is 4.58. The van der Waals surface area contributed by atoms with Crippen molar-refractivity contribution in [2.24, 2.45) is 5.10 Å². The Hall–Kier alpha value is -4.16. The Bertz CT molecular complexity index is 1430. The van der Waals surface area contributed by atoms with Crippen LogP contribution in [0, 0.1) is 0 Å². The highest BCUT2D eigenvalue weighted by atomic mass is 79.9. The number of carbonyl (C=O) groups excluding carboxylic acids is 1. The first kappa shape index (κ1) is 23.6. The normalized spacial score (nSPS) is 14.2. The molecule has 0 fully saturated rings. The van der Waals surface area contributed by atoms with Crippen molar-refractivity contribution in [2.75, 3.05) is 12.1 Å². The number of amides is 1. The molecule has 5 nitrogen and oxygen atoms in total. The maximum absolute atomic E-state index is 13.5. The minimum atomic E-state index is -0.186. The fourth-order valence-corrected chi connectivity index (χ4v) is 4.16. The standard InChI is InChI=1S/C30H23BrN2O3/c1-35-28-19-22(14-17-27(28)36-20-21-12-15-24(31)16-13-21)18-26-29(23-8-4-2-5-9-23)32-33(30(26)34)25-10-6-3-7-11-25/h2-19H,20H2,1H3/b26-18-. The minimum absolute atomic E-state index is 0.186. The second-order valence-corrected chi connectivity index (χ2v) is 9.07. The smallest absolute Gasteiger partial charge is 0.281 e. The highest BCUT2D eigenvalue weighted by Gasteiger charge is 2.32. The molecule has 36 heavy (non-hydrogen) atoms. The Morgan fingerprint density at radius 1 is 0.861 bits per heavy atom. The van der Waals surface area contributed by atoms with Crippen molar-refractivity contribution >= 4 is 39.3 Å². The zero-order chi connectivity index (χ0) is 24.9. The third-order valence-corrected chi connectivity index (χ3v) is 6.26. The topological polar surface area (TPSA) is 51.1 Å². The van der Waals surface area contributed by atoms with Crippen molar-refractivity contribution in [2.45, 2.75) is 6.61 Å². The summed E-state index contributed by atoms with van der Waals surface area (Å²) in [6.45, 7) is 0.416. The molecule has 0 bridgehead atoms. The number of nitrogens with zero attached hydrogens (tertiary/aromatic N) is 2. The van der Waals surface area contributed by atoms with Crippen LogP contribution in [0.2, 0.25) is 0 Å². The van der Waals surface area contributed by atoms with Gasteiger partial charge >= 0.3 is 0 Å². The molecule has 0 spiro atoms. The summed E-state index contributed by atoms with van der Waals surface area (Å²) < 4.78 is 12.6. The molecule has 0 aromatic heterocycles. The quantitative estimate of drug-likeness (QED) is 0.241. The van der Waals surface area contributed by atoms with Gasteiger partial charge in [-0.2, -0.15) is 10.1 Å². The predicted octanol–water partition coefficient (Wildman–Crippen LogP) is 6.87. The number of anilines is 1. The molecule has 178 valence electrons. The molecule has 0 atom stereocenters. The van der Waals surface area contributed by atoms with Gasteiger partial charge in [0.2, 0.25) is 0 Å². The van der Waals surface area contributed by atoms with Gasteiger partial charge in [-0.15, -0.1) is 0 Å². The monoisotopic (exact) mass is 538 g/mol. The van der Waals surface area contributed by atoms with Crippen molar-refractivity contribution in [1.29, 1.82) is 0 Å². The molecule has 1 heterocycles. The van der Waals surface area contributed by atoms with Crippen LogP contribution in [0.5, 0.6) is 11.5 Å². The van der Waals surface area contributed by atoms with E-state index in [1.165, 1.54) is 5.01 Å². The van der Waals surface area contributed by atoms with Crippen LogP contribution in [0.15, 0.2) is 118 Å². The van der Waals surface area contributed by atoms with Gasteiger partial charge in [-0.05, 0) is 53.6 Å². The van der Waals surface area contributed by atoms with E-state index in [0.29, 0.717) is 35.1 Å². The zero-order valence-corrected chi connectivity index (χ0v) is 21.2. The van der Waals surface area contributed by atoms with E-state index < -0.39 is 0 Å². The Labute approximate surface area is 218 Å². The fourth-order valence-electron chi connectivity index (χ4n) is 3.90. The molecule has 0 saturated heterocycles. The van der Waals surface area contributed by atoms with Gasteiger partial charge in [-0.1, -0.05) is 82.7 Å². The molecule has 5 rings (SSSR count). The van der Waals surface area contributed by atoms with Crippen LogP contribution >= 0.6 is 15.9 Å². The second-order valence-electron chi connectivity index (χ2n) is 8.15. The number of rotatable bonds is 7. The summed E-state index contributed by atoms with van der Waals surface area (Å²) in [4.78, 5) is 13.5. The molecular formula is C30H23BrN2O3. The van der Waals surface area contributed by atoms with Crippen molar-refractivity contribution in [1.82, 2.24) is 0 Å². The Kier molecular flexibility index (Phi) is 6.96. The van der Waals surface area contributed by atoms with Gasteiger partial charge < -0.3 is 9.47 Å². The average molecular weight is 539 g/mol. The van der Waals surface area contributed by atoms with Gasteiger partial charge in [0.1, 0.15) is 12.3 Å². The maximum atomic E-state index is 13.5. The molecule has 0 unspecified atom stereocenters. The molecule has 0 radical (unpaired) electrons. The summed E-state index contributed by atoms with van der Waals surface area (Å²) in [7, 11) is 1.60. The molecule has 0 saturated carbocycles. The highest BCUT2D eigenvalue weighted by molar-refractivity contribution is 9.10. The summed E-state index contributed by atoms with van der Waals surface area (Å²) in [6.07, 6.45) is 1.85. The van der Waals surface area contributed by atoms with Crippen LogP contribution in [-0.2, 0) is 11.4 Å². The van der Waals surface area contributed by atoms with Crippen LogP contribution in [0.1, 0.15) is 16.7 Å². The van der Waals surface area contributed by atoms with Crippen LogP contribution in [-0.4, -0.2) is 18.7 Å². The van der Waals surface area contributed by atoms with E-state index in [4.69, 9.17) is 9.47 Å². The van der Waals surface area contributed by atoms with Crippen molar-refractivity contribution in [3.63, 3.8) is 0 Å². The lowest BCUT2D eigenvalue weighted by Gasteiger charge is -2.12. The van der Waals surface area contributed by atoms with E-state index in [0.717, 1.165) is 21.2 Å². The Morgan fingerprint density at radius 2 is 1.56 bits per heavy atom. The van der Waals surface area contributed by atoms with Gasteiger partial charge in [-0.25, -0.2) is 0 Å². The maximum Gasteiger partial charge on any atom is 0.281 e. The summed E-state index contributed by atoms with van der Waals surface area (Å²) in [5, 5.41) is 6.13. The first-order chi connectivity index (χ1) is 17.6. The van der Waals surface area contributed by atoms with E-state index in [2.05, 4.69) is 21.0 Å². The van der Waals surface area contributed by atoms with E-state index in [9.17, 15) is 4.79 Å². The molecule has 0 aliphatic carbocycles. The fraction of sp³-hybridized carbons (Fsp3) is 0.0667. The lowest BCUT2D eigenvalue weighted by molar-refractivity contribution is -0.114. The minimum Gasteiger partial charge on any atom is -0.493 e. The number of hydrazone groups is 1. The van der Waals surface area contributed by atoms with E-state index in [1.807, 2.05) is 109 Å². The number of carbonyl (C=O) groups is 1. The van der Waals surface area contributed by atoms with Crippen LogP contribution in [0.25, 0.3) is 6.08 Å². The number of methoxy groups -OCH3 is 1. The van der Waals surface area contributed by atoms with Crippen LogP contribution in [0.4, 0.5) is 5.69 Å². The lowest BCUT2D eigenvalue weighted by atomic mass is 10.00.